The highest BCUT2D eigenvalue weighted by molar-refractivity contribution is 5.20. The zero-order valence-electron chi connectivity index (χ0n) is 12.3. The van der Waals surface area contributed by atoms with Gasteiger partial charge in [0, 0.05) is 17.6 Å². The molecular weight excluding hydrogens is 237 g/mol. The van der Waals surface area contributed by atoms with Crippen LogP contribution in [0.4, 0.5) is 4.39 Å². The van der Waals surface area contributed by atoms with Gasteiger partial charge in [-0.1, -0.05) is 32.0 Å². The highest BCUT2D eigenvalue weighted by atomic mass is 19.1. The van der Waals surface area contributed by atoms with Gasteiger partial charge in [-0.15, -0.1) is 0 Å². The monoisotopic (exact) mass is 263 g/mol. The molecule has 1 saturated carbocycles. The molecule has 0 radical (unpaired) electrons. The molecule has 0 amide bonds. The molecule has 1 aromatic rings. The van der Waals surface area contributed by atoms with Crippen molar-refractivity contribution in [1.29, 1.82) is 0 Å². The number of nitrogens with one attached hydrogen (secondary N) is 1. The molecule has 1 aliphatic rings. The van der Waals surface area contributed by atoms with Crippen LogP contribution in [0.1, 0.15) is 58.1 Å². The molecule has 0 bridgehead atoms. The van der Waals surface area contributed by atoms with Gasteiger partial charge in [-0.2, -0.15) is 0 Å². The number of hydrogen-bond donors (Lipinski definition) is 1. The zero-order chi connectivity index (χ0) is 13.8. The van der Waals surface area contributed by atoms with Crippen molar-refractivity contribution in [2.24, 2.45) is 11.8 Å². The summed E-state index contributed by atoms with van der Waals surface area (Å²) < 4.78 is 13.7. The van der Waals surface area contributed by atoms with Gasteiger partial charge >= 0.3 is 0 Å². The lowest BCUT2D eigenvalue weighted by Crippen LogP contribution is -2.36. The SMILES string of the molecule is CC(C)C1CCC(N[C@@H](C)c2ccccc2F)CC1. The van der Waals surface area contributed by atoms with Crippen molar-refractivity contribution < 1.29 is 4.39 Å². The van der Waals surface area contributed by atoms with Crippen LogP contribution in [-0.2, 0) is 0 Å². The minimum atomic E-state index is -0.0987. The van der Waals surface area contributed by atoms with E-state index < -0.39 is 0 Å². The summed E-state index contributed by atoms with van der Waals surface area (Å²) in [4.78, 5) is 0. The highest BCUT2D eigenvalue weighted by Gasteiger charge is 2.24. The molecule has 0 spiro atoms. The Morgan fingerprint density at radius 2 is 1.68 bits per heavy atom. The molecule has 1 aliphatic carbocycles. The number of halogens is 1. The largest absolute Gasteiger partial charge is 0.307 e. The topological polar surface area (TPSA) is 12.0 Å². The van der Waals surface area contributed by atoms with Gasteiger partial charge < -0.3 is 5.32 Å². The summed E-state index contributed by atoms with van der Waals surface area (Å²) in [6.45, 7) is 6.70. The fraction of sp³-hybridized carbons (Fsp3) is 0.647. The maximum atomic E-state index is 13.7. The first-order chi connectivity index (χ1) is 9.08. The second-order valence-corrected chi connectivity index (χ2v) is 6.27. The van der Waals surface area contributed by atoms with Gasteiger partial charge in [0.05, 0.1) is 0 Å². The summed E-state index contributed by atoms with van der Waals surface area (Å²) >= 11 is 0. The Kier molecular flexibility index (Phi) is 4.98. The van der Waals surface area contributed by atoms with Crippen molar-refractivity contribution in [1.82, 2.24) is 5.32 Å². The van der Waals surface area contributed by atoms with Crippen LogP contribution in [0, 0.1) is 17.7 Å². The third-order valence-corrected chi connectivity index (χ3v) is 4.57. The quantitative estimate of drug-likeness (QED) is 0.831. The minimum absolute atomic E-state index is 0.0987. The molecule has 1 fully saturated rings. The Balaban J connectivity index is 1.87. The van der Waals surface area contributed by atoms with Crippen LogP contribution in [0.5, 0.6) is 0 Å². The zero-order valence-corrected chi connectivity index (χ0v) is 12.3. The van der Waals surface area contributed by atoms with Crippen LogP contribution in [0.2, 0.25) is 0 Å². The molecule has 2 rings (SSSR count). The molecule has 0 saturated heterocycles. The Hall–Kier alpha value is -0.890. The van der Waals surface area contributed by atoms with E-state index in [9.17, 15) is 4.39 Å². The number of hydrogen-bond acceptors (Lipinski definition) is 1. The molecule has 19 heavy (non-hydrogen) atoms. The van der Waals surface area contributed by atoms with E-state index in [-0.39, 0.29) is 11.9 Å². The lowest BCUT2D eigenvalue weighted by atomic mass is 9.79. The fourth-order valence-electron chi connectivity index (χ4n) is 3.22. The molecule has 106 valence electrons. The predicted molar refractivity (Wildman–Crippen MR) is 78.5 cm³/mol. The standard InChI is InChI=1S/C17H26FN/c1-12(2)14-8-10-15(11-9-14)19-13(3)16-6-4-5-7-17(16)18/h4-7,12-15,19H,8-11H2,1-3H3/t13-,14?,15?/m0/s1. The molecule has 1 aromatic carbocycles. The first-order valence-electron chi connectivity index (χ1n) is 7.58. The lowest BCUT2D eigenvalue weighted by molar-refractivity contribution is 0.230. The Bertz CT molecular complexity index is 394. The second-order valence-electron chi connectivity index (χ2n) is 6.27. The van der Waals surface area contributed by atoms with E-state index >= 15 is 0 Å². The van der Waals surface area contributed by atoms with Crippen LogP contribution in [0.3, 0.4) is 0 Å². The molecule has 1 N–H and O–H groups in total. The molecule has 2 heteroatoms. The average molecular weight is 263 g/mol. The van der Waals surface area contributed by atoms with E-state index in [4.69, 9.17) is 0 Å². The Morgan fingerprint density at radius 3 is 2.26 bits per heavy atom. The van der Waals surface area contributed by atoms with Crippen molar-refractivity contribution >= 4 is 0 Å². The average Bonchev–Trinajstić information content (AvgIpc) is 2.39. The van der Waals surface area contributed by atoms with E-state index in [0.29, 0.717) is 6.04 Å². The Labute approximate surface area is 116 Å². The molecule has 1 nitrogen and oxygen atoms in total. The fourth-order valence-corrected chi connectivity index (χ4v) is 3.22. The van der Waals surface area contributed by atoms with E-state index in [1.165, 1.54) is 25.7 Å². The van der Waals surface area contributed by atoms with Crippen molar-refractivity contribution in [3.8, 4) is 0 Å². The van der Waals surface area contributed by atoms with Gasteiger partial charge in [0.2, 0.25) is 0 Å². The van der Waals surface area contributed by atoms with Crippen LogP contribution >= 0.6 is 0 Å². The number of rotatable bonds is 4. The Morgan fingerprint density at radius 1 is 1.05 bits per heavy atom. The van der Waals surface area contributed by atoms with Crippen LogP contribution < -0.4 is 5.32 Å². The van der Waals surface area contributed by atoms with Gasteiger partial charge in [-0.05, 0) is 50.5 Å². The summed E-state index contributed by atoms with van der Waals surface area (Å²) in [5.74, 6) is 1.57. The molecule has 0 aromatic heterocycles. The van der Waals surface area contributed by atoms with Crippen LogP contribution in [-0.4, -0.2) is 6.04 Å². The molecule has 1 atom stereocenters. The van der Waals surface area contributed by atoms with Gasteiger partial charge in [0.25, 0.3) is 0 Å². The summed E-state index contributed by atoms with van der Waals surface area (Å²) in [5, 5.41) is 3.60. The van der Waals surface area contributed by atoms with E-state index in [0.717, 1.165) is 17.4 Å². The van der Waals surface area contributed by atoms with Gasteiger partial charge in [0.1, 0.15) is 5.82 Å². The summed E-state index contributed by atoms with van der Waals surface area (Å²) in [7, 11) is 0. The minimum Gasteiger partial charge on any atom is -0.307 e. The third-order valence-electron chi connectivity index (χ3n) is 4.57. The third kappa shape index (κ3) is 3.79. The van der Waals surface area contributed by atoms with E-state index in [1.54, 1.807) is 12.1 Å². The van der Waals surface area contributed by atoms with Gasteiger partial charge in [-0.25, -0.2) is 4.39 Å². The maximum absolute atomic E-state index is 13.7. The summed E-state index contributed by atoms with van der Waals surface area (Å²) in [6, 6.07) is 7.73. The lowest BCUT2D eigenvalue weighted by Gasteiger charge is -2.33. The predicted octanol–water partition coefficient (Wildman–Crippen LogP) is 4.69. The van der Waals surface area contributed by atoms with Gasteiger partial charge in [-0.3, -0.25) is 0 Å². The van der Waals surface area contributed by atoms with Crippen molar-refractivity contribution in [2.75, 3.05) is 0 Å². The maximum Gasteiger partial charge on any atom is 0.127 e. The number of benzene rings is 1. The molecule has 0 aliphatic heterocycles. The summed E-state index contributed by atoms with van der Waals surface area (Å²) in [6.07, 6.45) is 5.06. The van der Waals surface area contributed by atoms with Crippen molar-refractivity contribution in [2.45, 2.75) is 58.5 Å². The summed E-state index contributed by atoms with van der Waals surface area (Å²) in [5.41, 5.74) is 0.786. The van der Waals surface area contributed by atoms with Crippen molar-refractivity contribution in [3.05, 3.63) is 35.6 Å². The van der Waals surface area contributed by atoms with E-state index in [1.807, 2.05) is 12.1 Å². The molecule has 0 unspecified atom stereocenters. The second kappa shape index (κ2) is 6.51. The molecular formula is C17H26FN. The first kappa shape index (κ1) is 14.5. The smallest absolute Gasteiger partial charge is 0.127 e. The van der Waals surface area contributed by atoms with Crippen molar-refractivity contribution in [3.63, 3.8) is 0 Å². The van der Waals surface area contributed by atoms with Gasteiger partial charge in [0.15, 0.2) is 0 Å². The normalized spacial score (nSPS) is 25.5. The van der Waals surface area contributed by atoms with Crippen LogP contribution in [0.25, 0.3) is 0 Å². The van der Waals surface area contributed by atoms with E-state index in [2.05, 4.69) is 26.1 Å². The van der Waals surface area contributed by atoms with Crippen LogP contribution in [0.15, 0.2) is 24.3 Å². The first-order valence-corrected chi connectivity index (χ1v) is 7.58. The molecule has 0 heterocycles. The highest BCUT2D eigenvalue weighted by Crippen LogP contribution is 2.31.